The molecule has 0 bridgehead atoms. The van der Waals surface area contributed by atoms with Gasteiger partial charge in [0.05, 0.1) is 18.2 Å². The van der Waals surface area contributed by atoms with Gasteiger partial charge in [0, 0.05) is 38.9 Å². The molecule has 1 aromatic heterocycles. The Labute approximate surface area is 237 Å². The summed E-state index contributed by atoms with van der Waals surface area (Å²) in [5.74, 6) is -2.73. The van der Waals surface area contributed by atoms with Gasteiger partial charge < -0.3 is 14.4 Å². The molecule has 0 aliphatic carbocycles. The highest BCUT2D eigenvalue weighted by atomic mass is 32.1. The number of pyridine rings is 1. The fourth-order valence-corrected chi connectivity index (χ4v) is 4.31. The van der Waals surface area contributed by atoms with Crippen LogP contribution in [0, 0.1) is 17.6 Å². The van der Waals surface area contributed by atoms with Crippen molar-refractivity contribution in [3.05, 3.63) is 63.1 Å². The highest BCUT2D eigenvalue weighted by molar-refractivity contribution is 7.80. The van der Waals surface area contributed by atoms with E-state index in [9.17, 15) is 23.2 Å². The fraction of sp³-hybridized carbons (Fsp3) is 0.481. The molecule has 1 aliphatic rings. The first-order valence-corrected chi connectivity index (χ1v) is 13.5. The van der Waals surface area contributed by atoms with Crippen LogP contribution in [0.4, 0.5) is 8.78 Å². The topological polar surface area (TPSA) is 105 Å². The Hall–Kier alpha value is -3.58. The van der Waals surface area contributed by atoms with Crippen LogP contribution in [0.15, 0.2) is 29.2 Å². The summed E-state index contributed by atoms with van der Waals surface area (Å²) in [6.45, 7) is 7.54. The average Bonchev–Trinajstić information content (AvgIpc) is 2.90. The van der Waals surface area contributed by atoms with Crippen LogP contribution >= 0.6 is 12.2 Å². The number of halogens is 2. The Morgan fingerprint density at radius 2 is 1.93 bits per heavy atom. The predicted molar refractivity (Wildman–Crippen MR) is 150 cm³/mol. The van der Waals surface area contributed by atoms with Crippen molar-refractivity contribution in [3.63, 3.8) is 0 Å². The van der Waals surface area contributed by atoms with Gasteiger partial charge in [0.1, 0.15) is 23.9 Å². The first kappa shape index (κ1) is 31.0. The number of aromatic nitrogens is 1. The summed E-state index contributed by atoms with van der Waals surface area (Å²) in [6, 6.07) is 3.10. The molecule has 2 aromatic rings. The van der Waals surface area contributed by atoms with E-state index >= 15 is 0 Å². The quantitative estimate of drug-likeness (QED) is 0.225. The normalized spacial score (nSPS) is 12.9. The Morgan fingerprint density at radius 1 is 1.18 bits per heavy atom. The van der Waals surface area contributed by atoms with Crippen LogP contribution in [0.2, 0.25) is 0 Å². The SMILES string of the molecule is CCCCOc1c2n(cc(C(=O)NNC(=S)Cc3ccc(F)cc3F)c1=O)N(CC(C)C)CN(CCOC)C2=O. The number of carbonyl (C=O) groups excluding carboxylic acids is 2. The van der Waals surface area contributed by atoms with Crippen molar-refractivity contribution in [2.45, 2.75) is 40.0 Å². The highest BCUT2D eigenvalue weighted by Gasteiger charge is 2.35. The average molecular weight is 580 g/mol. The lowest BCUT2D eigenvalue weighted by molar-refractivity contribution is 0.0616. The maximum Gasteiger partial charge on any atom is 0.277 e. The molecular weight excluding hydrogens is 544 g/mol. The largest absolute Gasteiger partial charge is 0.487 e. The lowest BCUT2D eigenvalue weighted by Crippen LogP contribution is -2.56. The van der Waals surface area contributed by atoms with E-state index in [1.54, 1.807) is 12.0 Å². The number of amides is 2. The van der Waals surface area contributed by atoms with Crippen molar-refractivity contribution in [2.24, 2.45) is 5.92 Å². The summed E-state index contributed by atoms with van der Waals surface area (Å²) in [7, 11) is 1.54. The van der Waals surface area contributed by atoms with Gasteiger partial charge in [-0.15, -0.1) is 0 Å². The molecule has 2 N–H and O–H groups in total. The third-order valence-electron chi connectivity index (χ3n) is 6.09. The zero-order chi connectivity index (χ0) is 29.4. The summed E-state index contributed by atoms with van der Waals surface area (Å²) < 4.78 is 39.7. The van der Waals surface area contributed by atoms with E-state index in [4.69, 9.17) is 21.7 Å². The zero-order valence-electron chi connectivity index (χ0n) is 23.1. The predicted octanol–water partition coefficient (Wildman–Crippen LogP) is 2.76. The number of nitrogens with zero attached hydrogens (tertiary/aromatic N) is 3. The van der Waals surface area contributed by atoms with Gasteiger partial charge in [0.25, 0.3) is 11.8 Å². The van der Waals surface area contributed by atoms with Gasteiger partial charge >= 0.3 is 0 Å². The van der Waals surface area contributed by atoms with Gasteiger partial charge in [-0.3, -0.25) is 34.9 Å². The molecule has 2 amide bonds. The van der Waals surface area contributed by atoms with Crippen molar-refractivity contribution in [1.82, 2.24) is 20.4 Å². The van der Waals surface area contributed by atoms with Crippen LogP contribution in [0.1, 0.15) is 60.0 Å². The molecule has 40 heavy (non-hydrogen) atoms. The maximum atomic E-state index is 14.0. The van der Waals surface area contributed by atoms with Gasteiger partial charge in [-0.2, -0.15) is 0 Å². The van der Waals surface area contributed by atoms with E-state index in [0.29, 0.717) is 26.1 Å². The number of carbonyl (C=O) groups is 2. The molecule has 1 aliphatic heterocycles. The maximum absolute atomic E-state index is 14.0. The van der Waals surface area contributed by atoms with Crippen LogP contribution in [-0.2, 0) is 11.2 Å². The molecule has 218 valence electrons. The van der Waals surface area contributed by atoms with Crippen molar-refractivity contribution < 1.29 is 27.8 Å². The molecule has 2 heterocycles. The molecular formula is C27H35F2N5O5S. The number of hydrazine groups is 1. The molecule has 3 rings (SSSR count). The molecule has 0 spiro atoms. The molecule has 0 radical (unpaired) electrons. The van der Waals surface area contributed by atoms with Crippen LogP contribution in [0.3, 0.4) is 0 Å². The number of ether oxygens (including phenoxy) is 2. The molecule has 0 fully saturated rings. The summed E-state index contributed by atoms with van der Waals surface area (Å²) in [5.41, 5.74) is 4.03. The second-order valence-corrected chi connectivity index (χ2v) is 10.3. The van der Waals surface area contributed by atoms with Crippen molar-refractivity contribution in [1.29, 1.82) is 0 Å². The standard InChI is InChI=1S/C27H35F2N5O5S/c1-5-6-10-39-25-23-27(37)32(9-11-38-4)16-33(14-17(2)3)34(23)15-20(24(25)35)26(36)31-30-22(40)12-18-7-8-19(28)13-21(18)29/h7-8,13,15,17H,5-6,9-12,14,16H2,1-4H3,(H,30,40)(H,31,36). The first-order valence-electron chi connectivity index (χ1n) is 13.1. The Morgan fingerprint density at radius 3 is 2.58 bits per heavy atom. The van der Waals surface area contributed by atoms with E-state index in [-0.39, 0.29) is 53.2 Å². The summed E-state index contributed by atoms with van der Waals surface area (Å²) in [4.78, 5) is 41.8. The van der Waals surface area contributed by atoms with Crippen LogP contribution < -0.4 is 26.0 Å². The van der Waals surface area contributed by atoms with E-state index in [1.165, 1.54) is 16.9 Å². The molecule has 13 heteroatoms. The second-order valence-electron chi connectivity index (χ2n) is 9.80. The third-order valence-corrected chi connectivity index (χ3v) is 6.33. The van der Waals surface area contributed by atoms with Crippen molar-refractivity contribution in [2.75, 3.05) is 45.1 Å². The number of hydrogen-bond acceptors (Lipinski definition) is 7. The number of rotatable bonds is 12. The molecule has 0 atom stereocenters. The molecule has 0 saturated heterocycles. The van der Waals surface area contributed by atoms with Gasteiger partial charge in [-0.1, -0.05) is 45.5 Å². The van der Waals surface area contributed by atoms with E-state index in [1.807, 2.05) is 25.8 Å². The van der Waals surface area contributed by atoms with Crippen molar-refractivity contribution in [3.8, 4) is 5.75 Å². The van der Waals surface area contributed by atoms with E-state index < -0.39 is 28.9 Å². The lowest BCUT2D eigenvalue weighted by atomic mass is 10.1. The Bertz CT molecular complexity index is 1300. The van der Waals surface area contributed by atoms with E-state index in [2.05, 4.69) is 10.9 Å². The van der Waals surface area contributed by atoms with Crippen LogP contribution in [0.25, 0.3) is 0 Å². The Balaban J connectivity index is 1.94. The number of nitrogens with one attached hydrogen (secondary N) is 2. The number of benzene rings is 1. The summed E-state index contributed by atoms with van der Waals surface area (Å²) >= 11 is 5.19. The number of methoxy groups -OCH3 is 1. The Kier molecular flexibility index (Phi) is 11.0. The zero-order valence-corrected chi connectivity index (χ0v) is 23.9. The minimum absolute atomic E-state index is 0.0379. The van der Waals surface area contributed by atoms with E-state index in [0.717, 1.165) is 18.6 Å². The van der Waals surface area contributed by atoms with Gasteiger partial charge in [0.2, 0.25) is 5.43 Å². The molecule has 10 nitrogen and oxygen atoms in total. The van der Waals surface area contributed by atoms with Crippen LogP contribution in [-0.4, -0.2) is 66.5 Å². The fourth-order valence-electron chi connectivity index (χ4n) is 4.11. The number of unbranched alkanes of at least 4 members (excludes halogenated alkanes) is 1. The second kappa shape index (κ2) is 14.2. The van der Waals surface area contributed by atoms with Crippen LogP contribution in [0.5, 0.6) is 5.75 Å². The monoisotopic (exact) mass is 579 g/mol. The smallest absolute Gasteiger partial charge is 0.277 e. The minimum Gasteiger partial charge on any atom is -0.487 e. The highest BCUT2D eigenvalue weighted by Crippen LogP contribution is 2.23. The first-order chi connectivity index (χ1) is 19.1. The number of hydrogen-bond donors (Lipinski definition) is 2. The minimum atomic E-state index is -0.818. The molecule has 1 aromatic carbocycles. The summed E-state index contributed by atoms with van der Waals surface area (Å²) in [6.07, 6.45) is 2.65. The number of thiocarbonyl (C=S) groups is 1. The van der Waals surface area contributed by atoms with Gasteiger partial charge in [0.15, 0.2) is 11.4 Å². The van der Waals surface area contributed by atoms with Gasteiger partial charge in [-0.05, 0) is 24.0 Å². The molecule has 0 saturated carbocycles. The number of fused-ring (bicyclic) bond motifs is 1. The lowest BCUT2D eigenvalue weighted by Gasteiger charge is -2.40. The third kappa shape index (κ3) is 7.54. The van der Waals surface area contributed by atoms with Crippen molar-refractivity contribution >= 4 is 29.0 Å². The molecule has 0 unspecified atom stereocenters. The van der Waals surface area contributed by atoms with Gasteiger partial charge in [-0.25, -0.2) is 8.78 Å². The summed E-state index contributed by atoms with van der Waals surface area (Å²) in [5, 5.41) is 1.86.